The molecular weight excluding hydrogens is 451 g/mol. The normalized spacial score (nSPS) is 11.5. The zero-order valence-corrected chi connectivity index (χ0v) is 14.5. The molecule has 0 heterocycles. The standard InChI is InChI=1S/C15H14OTe2/c16-11-15(18-14-9-5-2-6-10-14)12-17-13-7-3-1-4-8-13/h1-10,12,16H,11H2/b15-12+. The fourth-order valence-corrected chi connectivity index (χ4v) is 7.10. The molecule has 2 aromatic carbocycles. The van der Waals surface area contributed by atoms with Gasteiger partial charge in [-0.2, -0.15) is 0 Å². The second kappa shape index (κ2) is 8.00. The van der Waals surface area contributed by atoms with Crippen molar-refractivity contribution >= 4 is 49.1 Å². The molecule has 0 saturated heterocycles. The fourth-order valence-electron chi connectivity index (χ4n) is 1.37. The molecule has 92 valence electrons. The Morgan fingerprint density at radius 1 is 0.889 bits per heavy atom. The van der Waals surface area contributed by atoms with Crippen LogP contribution in [0.3, 0.4) is 0 Å². The van der Waals surface area contributed by atoms with Gasteiger partial charge >= 0.3 is 129 Å². The molecule has 2 aromatic rings. The van der Waals surface area contributed by atoms with Gasteiger partial charge in [0.25, 0.3) is 0 Å². The third kappa shape index (κ3) is 4.77. The minimum absolute atomic E-state index is 0.217. The predicted molar refractivity (Wildman–Crippen MR) is 78.8 cm³/mol. The molecule has 2 rings (SSSR count). The first-order valence-corrected chi connectivity index (χ1v) is 10.5. The van der Waals surface area contributed by atoms with Crippen LogP contribution in [0.4, 0.5) is 0 Å². The topological polar surface area (TPSA) is 20.2 Å². The van der Waals surface area contributed by atoms with Gasteiger partial charge in [-0.1, -0.05) is 0 Å². The molecule has 0 spiro atoms. The van der Waals surface area contributed by atoms with Crippen LogP contribution in [-0.4, -0.2) is 53.6 Å². The number of rotatable bonds is 5. The van der Waals surface area contributed by atoms with Gasteiger partial charge in [0, 0.05) is 0 Å². The van der Waals surface area contributed by atoms with Crippen molar-refractivity contribution in [2.45, 2.75) is 0 Å². The third-order valence-electron chi connectivity index (χ3n) is 2.22. The summed E-state index contributed by atoms with van der Waals surface area (Å²) in [6.45, 7) is 0.217. The quantitative estimate of drug-likeness (QED) is 0.651. The second-order valence-electron chi connectivity index (χ2n) is 3.59. The molecule has 0 bridgehead atoms. The molecule has 18 heavy (non-hydrogen) atoms. The molecule has 0 unspecified atom stereocenters. The first kappa shape index (κ1) is 14.1. The number of hydrogen-bond acceptors (Lipinski definition) is 1. The van der Waals surface area contributed by atoms with E-state index in [9.17, 15) is 5.11 Å². The first-order valence-electron chi connectivity index (χ1n) is 5.63. The van der Waals surface area contributed by atoms with Crippen LogP contribution in [0.1, 0.15) is 0 Å². The Morgan fingerprint density at radius 2 is 1.44 bits per heavy atom. The fraction of sp³-hybridized carbons (Fsp3) is 0.0667. The summed E-state index contributed by atoms with van der Waals surface area (Å²) in [6, 6.07) is 21.1. The second-order valence-corrected chi connectivity index (χ2v) is 9.70. The average molecular weight is 465 g/mol. The van der Waals surface area contributed by atoms with Gasteiger partial charge < -0.3 is 0 Å². The third-order valence-corrected chi connectivity index (χ3v) is 9.27. The van der Waals surface area contributed by atoms with E-state index in [-0.39, 0.29) is 48.5 Å². The monoisotopic (exact) mass is 470 g/mol. The molecule has 0 aliphatic heterocycles. The maximum atomic E-state index is 9.45. The van der Waals surface area contributed by atoms with E-state index >= 15 is 0 Å². The van der Waals surface area contributed by atoms with E-state index < -0.39 is 0 Å². The summed E-state index contributed by atoms with van der Waals surface area (Å²) in [4.78, 5) is 0. The van der Waals surface area contributed by atoms with E-state index in [1.165, 1.54) is 10.8 Å². The van der Waals surface area contributed by atoms with E-state index in [2.05, 4.69) is 52.7 Å². The molecule has 0 aliphatic carbocycles. The molecular formula is C15H14OTe2. The van der Waals surface area contributed by atoms with E-state index in [0.29, 0.717) is 0 Å². The molecule has 3 heteroatoms. The summed E-state index contributed by atoms with van der Waals surface area (Å²) in [6.07, 6.45) is 0. The molecule has 0 atom stereocenters. The number of aliphatic hydroxyl groups is 1. The van der Waals surface area contributed by atoms with Gasteiger partial charge in [-0.15, -0.1) is 0 Å². The number of aliphatic hydroxyl groups excluding tert-OH is 1. The van der Waals surface area contributed by atoms with Crippen LogP contribution in [-0.2, 0) is 0 Å². The van der Waals surface area contributed by atoms with Gasteiger partial charge in [0.2, 0.25) is 0 Å². The maximum absolute atomic E-state index is 9.45. The Balaban J connectivity index is 2.00. The van der Waals surface area contributed by atoms with Crippen LogP contribution in [0.15, 0.2) is 68.4 Å². The summed E-state index contributed by atoms with van der Waals surface area (Å²) in [7, 11) is 0. The molecule has 0 aliphatic rings. The van der Waals surface area contributed by atoms with Crippen LogP contribution in [0, 0.1) is 0 Å². The van der Waals surface area contributed by atoms with E-state index in [1.54, 1.807) is 0 Å². The van der Waals surface area contributed by atoms with Crippen LogP contribution in [0.2, 0.25) is 0 Å². The van der Waals surface area contributed by atoms with Crippen molar-refractivity contribution in [1.29, 1.82) is 0 Å². The van der Waals surface area contributed by atoms with Crippen molar-refractivity contribution in [2.75, 3.05) is 6.61 Å². The summed E-state index contributed by atoms with van der Waals surface area (Å²) >= 11 is -0.678. The van der Waals surface area contributed by atoms with Crippen LogP contribution >= 0.6 is 0 Å². The van der Waals surface area contributed by atoms with Gasteiger partial charge in [-0.3, -0.25) is 0 Å². The van der Waals surface area contributed by atoms with Crippen molar-refractivity contribution in [2.24, 2.45) is 0 Å². The zero-order valence-electron chi connectivity index (χ0n) is 9.82. The molecule has 0 aromatic heterocycles. The Hall–Kier alpha value is -0.281. The summed E-state index contributed by atoms with van der Waals surface area (Å²) < 4.78 is 6.39. The first-order chi connectivity index (χ1) is 8.88. The Morgan fingerprint density at radius 3 is 2.00 bits per heavy atom. The van der Waals surface area contributed by atoms with Gasteiger partial charge in [-0.25, -0.2) is 0 Å². The van der Waals surface area contributed by atoms with Crippen LogP contribution in [0.25, 0.3) is 0 Å². The van der Waals surface area contributed by atoms with Crippen molar-refractivity contribution in [1.82, 2.24) is 0 Å². The number of benzene rings is 2. The molecule has 0 saturated carbocycles. The van der Waals surface area contributed by atoms with Crippen molar-refractivity contribution in [3.8, 4) is 0 Å². The van der Waals surface area contributed by atoms with Crippen molar-refractivity contribution in [3.05, 3.63) is 68.4 Å². The van der Waals surface area contributed by atoms with Gasteiger partial charge in [0.15, 0.2) is 0 Å². The van der Waals surface area contributed by atoms with Gasteiger partial charge in [-0.05, 0) is 0 Å². The van der Waals surface area contributed by atoms with E-state index in [0.717, 1.165) is 0 Å². The molecule has 0 radical (unpaired) electrons. The predicted octanol–water partition coefficient (Wildman–Crippen LogP) is 0.880. The van der Waals surface area contributed by atoms with Crippen LogP contribution in [0.5, 0.6) is 0 Å². The summed E-state index contributed by atoms with van der Waals surface area (Å²) in [5.74, 6) is 0. The Kier molecular flexibility index (Phi) is 6.29. The molecule has 0 amide bonds. The average Bonchev–Trinajstić information content (AvgIpc) is 2.45. The molecule has 1 nitrogen and oxygen atoms in total. The zero-order chi connectivity index (χ0) is 12.6. The Labute approximate surface area is 128 Å². The van der Waals surface area contributed by atoms with Crippen molar-refractivity contribution < 1.29 is 5.11 Å². The molecule has 0 fully saturated rings. The number of hydrogen-bond donors (Lipinski definition) is 1. The summed E-state index contributed by atoms with van der Waals surface area (Å²) in [5.41, 5.74) is 0. The SMILES string of the molecule is OC/C(=C\[Te]c1ccccc1)[Te]c1ccccc1. The minimum atomic E-state index is -0.385. The Bertz CT molecular complexity index is 494. The van der Waals surface area contributed by atoms with Gasteiger partial charge in [0.05, 0.1) is 0 Å². The van der Waals surface area contributed by atoms with Crippen LogP contribution < -0.4 is 7.22 Å². The van der Waals surface area contributed by atoms with E-state index in [1.807, 2.05) is 12.1 Å². The molecule has 1 N–H and O–H groups in total. The summed E-state index contributed by atoms with van der Waals surface area (Å²) in [5, 5.41) is 9.45. The van der Waals surface area contributed by atoms with Gasteiger partial charge in [0.1, 0.15) is 0 Å². The van der Waals surface area contributed by atoms with Crippen molar-refractivity contribution in [3.63, 3.8) is 0 Å². The van der Waals surface area contributed by atoms with E-state index in [4.69, 9.17) is 0 Å².